The van der Waals surface area contributed by atoms with Crippen LogP contribution in [-0.4, -0.2) is 20.5 Å². The van der Waals surface area contributed by atoms with Crippen LogP contribution in [0.2, 0.25) is 5.02 Å². The Balaban J connectivity index is 1.73. The Morgan fingerprint density at radius 2 is 1.73 bits per heavy atom. The van der Waals surface area contributed by atoms with Crippen LogP contribution in [0.25, 0.3) is 0 Å². The zero-order valence-electron chi connectivity index (χ0n) is 16.4. The molecule has 3 rings (SSSR count). The highest BCUT2D eigenvalue weighted by Crippen LogP contribution is 2.19. The van der Waals surface area contributed by atoms with Gasteiger partial charge in [0.05, 0.1) is 11.1 Å². The van der Waals surface area contributed by atoms with E-state index < -0.39 is 15.9 Å². The van der Waals surface area contributed by atoms with E-state index in [0.717, 1.165) is 16.7 Å². The van der Waals surface area contributed by atoms with Crippen molar-refractivity contribution in [2.24, 2.45) is 5.10 Å². The van der Waals surface area contributed by atoms with E-state index >= 15 is 0 Å². The zero-order valence-corrected chi connectivity index (χ0v) is 18.0. The van der Waals surface area contributed by atoms with Gasteiger partial charge in [-0.1, -0.05) is 41.4 Å². The molecule has 154 valence electrons. The molecule has 0 aliphatic heterocycles. The summed E-state index contributed by atoms with van der Waals surface area (Å²) >= 11 is 5.82. The van der Waals surface area contributed by atoms with Gasteiger partial charge < -0.3 is 0 Å². The molecule has 0 fully saturated rings. The fourth-order valence-corrected chi connectivity index (χ4v) is 3.96. The minimum absolute atomic E-state index is 0.0385. The minimum atomic E-state index is -3.87. The van der Waals surface area contributed by atoms with Crippen molar-refractivity contribution in [2.75, 3.05) is 4.72 Å². The van der Waals surface area contributed by atoms with Crippen molar-refractivity contribution in [3.63, 3.8) is 0 Å². The van der Waals surface area contributed by atoms with Gasteiger partial charge in [-0.3, -0.25) is 9.52 Å². The molecule has 1 amide bonds. The number of anilines is 1. The number of nitrogens with zero attached hydrogens (tertiary/aromatic N) is 1. The van der Waals surface area contributed by atoms with Crippen LogP contribution in [0.1, 0.15) is 27.0 Å². The molecule has 2 N–H and O–H groups in total. The second-order valence-electron chi connectivity index (χ2n) is 6.70. The van der Waals surface area contributed by atoms with E-state index in [1.165, 1.54) is 24.3 Å². The first-order valence-corrected chi connectivity index (χ1v) is 10.9. The van der Waals surface area contributed by atoms with Crippen LogP contribution in [0, 0.1) is 13.8 Å². The van der Waals surface area contributed by atoms with Crippen molar-refractivity contribution in [2.45, 2.75) is 18.7 Å². The lowest BCUT2D eigenvalue weighted by atomic mass is 10.1. The van der Waals surface area contributed by atoms with E-state index in [1.54, 1.807) is 30.5 Å². The quantitative estimate of drug-likeness (QED) is 0.435. The molecule has 0 aliphatic rings. The monoisotopic (exact) mass is 441 g/mol. The van der Waals surface area contributed by atoms with Gasteiger partial charge in [0.1, 0.15) is 0 Å². The van der Waals surface area contributed by atoms with Gasteiger partial charge in [0.25, 0.3) is 15.9 Å². The molecule has 3 aromatic rings. The maximum Gasteiger partial charge on any atom is 0.271 e. The molecule has 0 atom stereocenters. The number of hydrogen-bond donors (Lipinski definition) is 2. The molecule has 8 heteroatoms. The van der Waals surface area contributed by atoms with Crippen LogP contribution in [-0.2, 0) is 10.0 Å². The van der Waals surface area contributed by atoms with Gasteiger partial charge in [0.2, 0.25) is 0 Å². The predicted octanol–water partition coefficient (Wildman–Crippen LogP) is 4.52. The van der Waals surface area contributed by atoms with Crippen LogP contribution in [0.3, 0.4) is 0 Å². The minimum Gasteiger partial charge on any atom is -0.280 e. The van der Waals surface area contributed by atoms with Gasteiger partial charge >= 0.3 is 0 Å². The summed E-state index contributed by atoms with van der Waals surface area (Å²) in [5.74, 6) is -0.514. The van der Waals surface area contributed by atoms with E-state index in [-0.39, 0.29) is 10.5 Å². The summed E-state index contributed by atoms with van der Waals surface area (Å²) in [6.45, 7) is 3.96. The average molecular weight is 442 g/mol. The number of nitrogens with one attached hydrogen (secondary N) is 2. The predicted molar refractivity (Wildman–Crippen MR) is 120 cm³/mol. The third-order valence-electron chi connectivity index (χ3n) is 4.30. The number of benzene rings is 3. The van der Waals surface area contributed by atoms with Crippen molar-refractivity contribution < 1.29 is 13.2 Å². The van der Waals surface area contributed by atoms with Crippen LogP contribution >= 0.6 is 11.6 Å². The second-order valence-corrected chi connectivity index (χ2v) is 8.82. The third-order valence-corrected chi connectivity index (χ3v) is 5.93. The first-order chi connectivity index (χ1) is 14.2. The maximum atomic E-state index is 12.6. The molecule has 0 aromatic heterocycles. The third kappa shape index (κ3) is 5.46. The Morgan fingerprint density at radius 1 is 1.00 bits per heavy atom. The summed E-state index contributed by atoms with van der Waals surface area (Å²) in [4.78, 5) is 12.4. The number of sulfonamides is 1. The lowest BCUT2D eigenvalue weighted by Gasteiger charge is -2.09. The number of amides is 1. The average Bonchev–Trinajstić information content (AvgIpc) is 2.71. The van der Waals surface area contributed by atoms with Crippen molar-refractivity contribution in [3.8, 4) is 0 Å². The highest BCUT2D eigenvalue weighted by Gasteiger charge is 2.16. The first-order valence-electron chi connectivity index (χ1n) is 9.04. The van der Waals surface area contributed by atoms with Gasteiger partial charge in [-0.2, -0.15) is 5.10 Å². The summed E-state index contributed by atoms with van der Waals surface area (Å²) in [6, 6.07) is 17.9. The number of hydrogen-bond acceptors (Lipinski definition) is 4. The van der Waals surface area contributed by atoms with E-state index in [1.807, 2.05) is 32.0 Å². The number of aryl methyl sites for hydroxylation is 2. The smallest absolute Gasteiger partial charge is 0.271 e. The van der Waals surface area contributed by atoms with E-state index in [4.69, 9.17) is 11.6 Å². The van der Waals surface area contributed by atoms with Gasteiger partial charge in [-0.25, -0.2) is 13.8 Å². The Kier molecular flexibility index (Phi) is 6.54. The van der Waals surface area contributed by atoms with Crippen LogP contribution in [0.15, 0.2) is 76.7 Å². The Bertz CT molecular complexity index is 1210. The van der Waals surface area contributed by atoms with Crippen LogP contribution < -0.4 is 10.1 Å². The number of halogens is 1. The van der Waals surface area contributed by atoms with Gasteiger partial charge in [0.15, 0.2) is 0 Å². The maximum absolute atomic E-state index is 12.6. The summed E-state index contributed by atoms with van der Waals surface area (Å²) in [7, 11) is -3.87. The van der Waals surface area contributed by atoms with Crippen molar-refractivity contribution in [3.05, 3.63) is 94.0 Å². The Labute approximate surface area is 180 Å². The molecular formula is C22H20ClN3O3S. The van der Waals surface area contributed by atoms with Gasteiger partial charge in [-0.05, 0) is 67.4 Å². The number of carbonyl (C=O) groups excluding carboxylic acids is 1. The molecule has 6 nitrogen and oxygen atoms in total. The largest absolute Gasteiger partial charge is 0.280 e. The van der Waals surface area contributed by atoms with E-state index in [9.17, 15) is 13.2 Å². The SMILES string of the molecule is Cc1ccc(/C=N/NC(=O)c2cccc(S(=O)(=O)Nc3ccc(Cl)cc3)c2)c(C)c1. The molecule has 30 heavy (non-hydrogen) atoms. The highest BCUT2D eigenvalue weighted by molar-refractivity contribution is 7.92. The van der Waals surface area contributed by atoms with E-state index in [0.29, 0.717) is 10.7 Å². The molecule has 0 saturated heterocycles. The fourth-order valence-electron chi connectivity index (χ4n) is 2.73. The molecule has 0 bridgehead atoms. The lowest BCUT2D eigenvalue weighted by molar-refractivity contribution is 0.0955. The summed E-state index contributed by atoms with van der Waals surface area (Å²) in [5, 5.41) is 4.47. The Morgan fingerprint density at radius 3 is 2.43 bits per heavy atom. The molecule has 0 radical (unpaired) electrons. The number of carbonyl (C=O) groups is 1. The summed E-state index contributed by atoms with van der Waals surface area (Å²) in [6.07, 6.45) is 1.55. The lowest BCUT2D eigenvalue weighted by Crippen LogP contribution is -2.19. The molecule has 0 spiro atoms. The molecule has 0 saturated carbocycles. The first kappa shape index (κ1) is 21.5. The summed E-state index contributed by atoms with van der Waals surface area (Å²) in [5.41, 5.74) is 6.02. The van der Waals surface area contributed by atoms with Crippen LogP contribution in [0.5, 0.6) is 0 Å². The van der Waals surface area contributed by atoms with Crippen LogP contribution in [0.4, 0.5) is 5.69 Å². The Hall–Kier alpha value is -3.16. The fraction of sp³-hybridized carbons (Fsp3) is 0.0909. The standard InChI is InChI=1S/C22H20ClN3O3S/c1-15-6-7-18(16(2)12-15)14-24-25-22(27)17-4-3-5-21(13-17)30(28,29)26-20-10-8-19(23)9-11-20/h3-14,26H,1-2H3,(H,25,27)/b24-14+. The molecule has 0 aliphatic carbocycles. The molecule has 0 heterocycles. The molecule has 0 unspecified atom stereocenters. The van der Waals surface area contributed by atoms with Crippen molar-refractivity contribution in [1.29, 1.82) is 0 Å². The molecule has 3 aromatic carbocycles. The molecular weight excluding hydrogens is 422 g/mol. The van der Waals surface area contributed by atoms with Gasteiger partial charge in [0, 0.05) is 16.3 Å². The van der Waals surface area contributed by atoms with Gasteiger partial charge in [-0.15, -0.1) is 0 Å². The van der Waals surface area contributed by atoms with E-state index in [2.05, 4.69) is 15.2 Å². The zero-order chi connectivity index (χ0) is 21.7. The summed E-state index contributed by atoms with van der Waals surface area (Å²) < 4.78 is 27.7. The second kappa shape index (κ2) is 9.11. The highest BCUT2D eigenvalue weighted by atomic mass is 35.5. The number of hydrazone groups is 1. The van der Waals surface area contributed by atoms with Crippen molar-refractivity contribution >= 4 is 39.4 Å². The normalized spacial score (nSPS) is 11.4. The number of rotatable bonds is 6. The van der Waals surface area contributed by atoms with Crippen molar-refractivity contribution in [1.82, 2.24) is 5.43 Å². The topological polar surface area (TPSA) is 87.6 Å².